The maximum atomic E-state index is 13.2. The largest absolute Gasteiger partial charge is 0.303 e. The zero-order valence-electron chi connectivity index (χ0n) is 14.1. The van der Waals surface area contributed by atoms with Crippen molar-refractivity contribution in [3.63, 3.8) is 0 Å². The molecule has 0 spiro atoms. The van der Waals surface area contributed by atoms with Gasteiger partial charge in [0.1, 0.15) is 0 Å². The first-order valence-electron chi connectivity index (χ1n) is 8.83. The van der Waals surface area contributed by atoms with Gasteiger partial charge in [0.05, 0.1) is 16.1 Å². The Labute approximate surface area is 147 Å². The van der Waals surface area contributed by atoms with Crippen LogP contribution in [0.2, 0.25) is 0 Å². The van der Waals surface area contributed by atoms with E-state index in [1.807, 2.05) is 30.3 Å². The number of likely N-dealkylation sites (N-methyl/N-ethyl adjacent to an activating group) is 1. The molecule has 3 heterocycles. The van der Waals surface area contributed by atoms with Crippen LogP contribution in [0.4, 0.5) is 0 Å². The number of para-hydroxylation sites is 1. The van der Waals surface area contributed by atoms with E-state index >= 15 is 0 Å². The maximum absolute atomic E-state index is 13.2. The quantitative estimate of drug-likeness (QED) is 0.553. The van der Waals surface area contributed by atoms with Gasteiger partial charge in [0.2, 0.25) is 0 Å². The number of aromatic nitrogens is 1. The maximum Gasteiger partial charge on any atom is 0.269 e. The van der Waals surface area contributed by atoms with Crippen molar-refractivity contribution in [3.05, 3.63) is 54.1 Å². The Kier molecular flexibility index (Phi) is 3.15. The van der Waals surface area contributed by atoms with E-state index in [2.05, 4.69) is 17.9 Å². The van der Waals surface area contributed by atoms with E-state index in [4.69, 9.17) is 0 Å². The van der Waals surface area contributed by atoms with E-state index in [-0.39, 0.29) is 0 Å². The third-order valence-electron chi connectivity index (χ3n) is 5.66. The number of rotatable bonds is 2. The summed E-state index contributed by atoms with van der Waals surface area (Å²) >= 11 is 0. The summed E-state index contributed by atoms with van der Waals surface area (Å²) in [6.07, 6.45) is 1.08. The van der Waals surface area contributed by atoms with E-state index in [9.17, 15) is 8.42 Å². The minimum Gasteiger partial charge on any atom is -0.303 e. The van der Waals surface area contributed by atoms with Crippen molar-refractivity contribution in [2.24, 2.45) is 0 Å². The number of likely N-dealkylation sites (tertiary alicyclic amines) is 1. The average molecular weight is 352 g/mol. The number of hydrogen-bond acceptors (Lipinski definition) is 3. The Hall–Kier alpha value is -2.11. The van der Waals surface area contributed by atoms with Gasteiger partial charge >= 0.3 is 0 Å². The van der Waals surface area contributed by atoms with Crippen molar-refractivity contribution in [1.82, 2.24) is 8.87 Å². The Balaban J connectivity index is 1.87. The highest BCUT2D eigenvalue weighted by atomic mass is 32.2. The number of nitrogens with zero attached hydrogens (tertiary/aromatic N) is 2. The lowest BCUT2D eigenvalue weighted by atomic mass is 9.92. The zero-order chi connectivity index (χ0) is 17.2. The second-order valence-electron chi connectivity index (χ2n) is 6.92. The SMILES string of the molecule is CCN1CC[C@@H](c2c3n(c4ccccc24)S(=O)(=O)c2ccccc2-3)C1. The van der Waals surface area contributed by atoms with E-state index in [1.54, 1.807) is 16.1 Å². The summed E-state index contributed by atoms with van der Waals surface area (Å²) in [6.45, 7) is 5.30. The highest BCUT2D eigenvalue weighted by Crippen LogP contribution is 2.48. The molecule has 128 valence electrons. The van der Waals surface area contributed by atoms with E-state index in [0.717, 1.165) is 48.2 Å². The van der Waals surface area contributed by atoms with Crippen molar-refractivity contribution < 1.29 is 8.42 Å². The molecular formula is C20H20N2O2S. The standard InChI is InChI=1S/C20H20N2O2S/c1-2-21-12-11-14(13-21)19-15-7-3-5-9-17(15)22-20(19)16-8-4-6-10-18(16)25(22,23)24/h3-10,14H,2,11-13H2,1H3/t14-/m1/s1. The molecule has 5 heteroatoms. The fourth-order valence-electron chi connectivity index (χ4n) is 4.49. The van der Waals surface area contributed by atoms with Crippen LogP contribution in [0.1, 0.15) is 24.8 Å². The molecule has 25 heavy (non-hydrogen) atoms. The van der Waals surface area contributed by atoms with Crippen molar-refractivity contribution in [2.75, 3.05) is 19.6 Å². The minimum absolute atomic E-state index is 0.377. The fourth-order valence-corrected chi connectivity index (χ4v) is 6.24. The fraction of sp³-hybridized carbons (Fsp3) is 0.300. The van der Waals surface area contributed by atoms with Crippen LogP contribution in [0.15, 0.2) is 53.4 Å². The van der Waals surface area contributed by atoms with Crippen molar-refractivity contribution in [2.45, 2.75) is 24.2 Å². The highest BCUT2D eigenvalue weighted by molar-refractivity contribution is 7.90. The minimum atomic E-state index is -3.52. The second kappa shape index (κ2) is 5.19. The topological polar surface area (TPSA) is 42.3 Å². The lowest BCUT2D eigenvalue weighted by Crippen LogP contribution is -2.19. The lowest BCUT2D eigenvalue weighted by Gasteiger charge is -2.14. The molecule has 2 aliphatic heterocycles. The summed E-state index contributed by atoms with van der Waals surface area (Å²) in [5.41, 5.74) is 3.75. The second-order valence-corrected chi connectivity index (χ2v) is 8.68. The van der Waals surface area contributed by atoms with Gasteiger partial charge in [-0.3, -0.25) is 0 Å². The van der Waals surface area contributed by atoms with Gasteiger partial charge in [-0.2, -0.15) is 0 Å². The molecule has 1 saturated heterocycles. The van der Waals surface area contributed by atoms with Crippen LogP contribution < -0.4 is 0 Å². The molecule has 0 radical (unpaired) electrons. The number of benzene rings is 2. The molecule has 0 N–H and O–H groups in total. The third kappa shape index (κ3) is 1.94. The molecule has 0 amide bonds. The van der Waals surface area contributed by atoms with Crippen LogP contribution in [-0.4, -0.2) is 36.9 Å². The van der Waals surface area contributed by atoms with Gasteiger partial charge in [-0.25, -0.2) is 12.4 Å². The van der Waals surface area contributed by atoms with Gasteiger partial charge in [0, 0.05) is 23.4 Å². The first kappa shape index (κ1) is 15.2. The monoisotopic (exact) mass is 352 g/mol. The smallest absolute Gasteiger partial charge is 0.269 e. The van der Waals surface area contributed by atoms with E-state index < -0.39 is 10.0 Å². The number of fused-ring (bicyclic) bond motifs is 5. The van der Waals surface area contributed by atoms with Crippen molar-refractivity contribution in [3.8, 4) is 11.3 Å². The molecule has 1 atom stereocenters. The molecule has 0 unspecified atom stereocenters. The Morgan fingerprint density at radius 1 is 1.08 bits per heavy atom. The first-order valence-corrected chi connectivity index (χ1v) is 10.3. The molecule has 2 aromatic carbocycles. The zero-order valence-corrected chi connectivity index (χ0v) is 15.0. The molecular weight excluding hydrogens is 332 g/mol. The van der Waals surface area contributed by atoms with Crippen LogP contribution in [0.25, 0.3) is 22.2 Å². The van der Waals surface area contributed by atoms with Crippen LogP contribution in [0.3, 0.4) is 0 Å². The van der Waals surface area contributed by atoms with Gasteiger partial charge in [0.15, 0.2) is 0 Å². The Bertz CT molecular complexity index is 1100. The summed E-state index contributed by atoms with van der Waals surface area (Å²) in [5, 5.41) is 1.08. The van der Waals surface area contributed by atoms with Gasteiger partial charge in [-0.1, -0.05) is 43.3 Å². The average Bonchev–Trinajstić information content (AvgIpc) is 3.28. The van der Waals surface area contributed by atoms with Gasteiger partial charge < -0.3 is 4.90 Å². The molecule has 0 bridgehead atoms. The van der Waals surface area contributed by atoms with E-state index in [0.29, 0.717) is 10.8 Å². The predicted octanol–water partition coefficient (Wildman–Crippen LogP) is 3.67. The van der Waals surface area contributed by atoms with Crippen LogP contribution >= 0.6 is 0 Å². The summed E-state index contributed by atoms with van der Waals surface area (Å²) in [5.74, 6) is 0.377. The van der Waals surface area contributed by atoms with E-state index in [1.165, 1.54) is 5.56 Å². The summed E-state index contributed by atoms with van der Waals surface area (Å²) in [6, 6.07) is 15.3. The molecule has 0 aliphatic carbocycles. The van der Waals surface area contributed by atoms with Crippen molar-refractivity contribution in [1.29, 1.82) is 0 Å². The van der Waals surface area contributed by atoms with Crippen LogP contribution in [0.5, 0.6) is 0 Å². The normalized spacial score (nSPS) is 21.6. The Morgan fingerprint density at radius 3 is 2.64 bits per heavy atom. The predicted molar refractivity (Wildman–Crippen MR) is 99.4 cm³/mol. The van der Waals surface area contributed by atoms with Crippen molar-refractivity contribution >= 4 is 20.9 Å². The Morgan fingerprint density at radius 2 is 1.84 bits per heavy atom. The number of hydrogen-bond donors (Lipinski definition) is 0. The molecule has 1 fully saturated rings. The van der Waals surface area contributed by atoms with Gasteiger partial charge in [-0.15, -0.1) is 0 Å². The highest BCUT2D eigenvalue weighted by Gasteiger charge is 2.39. The first-order chi connectivity index (χ1) is 12.1. The summed E-state index contributed by atoms with van der Waals surface area (Å²) < 4.78 is 28.0. The molecule has 2 aliphatic rings. The third-order valence-corrected chi connectivity index (χ3v) is 7.43. The van der Waals surface area contributed by atoms with Gasteiger partial charge in [-0.05, 0) is 37.2 Å². The lowest BCUT2D eigenvalue weighted by molar-refractivity contribution is 0.354. The van der Waals surface area contributed by atoms with Crippen LogP contribution in [-0.2, 0) is 10.0 Å². The van der Waals surface area contributed by atoms with Crippen LogP contribution in [0, 0.1) is 0 Å². The molecule has 4 nitrogen and oxygen atoms in total. The summed E-state index contributed by atoms with van der Waals surface area (Å²) in [4.78, 5) is 2.88. The molecule has 1 aromatic heterocycles. The molecule has 3 aromatic rings. The molecule has 0 saturated carbocycles. The molecule has 5 rings (SSSR count). The summed E-state index contributed by atoms with van der Waals surface area (Å²) in [7, 11) is -3.52. The van der Waals surface area contributed by atoms with Gasteiger partial charge in [0.25, 0.3) is 10.0 Å².